The second-order valence-electron chi connectivity index (χ2n) is 3.81. The topological polar surface area (TPSA) is 28.7 Å². The number of hydrogen-bond donors (Lipinski definition) is 1. The van der Waals surface area contributed by atoms with Gasteiger partial charge in [0.2, 0.25) is 0 Å². The van der Waals surface area contributed by atoms with Crippen LogP contribution in [0.25, 0.3) is 0 Å². The third-order valence-electron chi connectivity index (χ3n) is 2.61. The van der Waals surface area contributed by atoms with Crippen molar-refractivity contribution in [1.82, 2.24) is 9.97 Å². The Hall–Kier alpha value is -1.78. The summed E-state index contributed by atoms with van der Waals surface area (Å²) in [6, 6.07) is 9.28. The van der Waals surface area contributed by atoms with Gasteiger partial charge in [0.05, 0.1) is 6.20 Å². The van der Waals surface area contributed by atoms with Gasteiger partial charge in [0.25, 0.3) is 0 Å². The van der Waals surface area contributed by atoms with Crippen LogP contribution in [-0.2, 0) is 6.18 Å². The minimum absolute atomic E-state index is 0.188. The maximum Gasteiger partial charge on any atom is 0.432 e. The van der Waals surface area contributed by atoms with Gasteiger partial charge in [0.1, 0.15) is 11.5 Å². The quantitative estimate of drug-likeness (QED) is 0.853. The summed E-state index contributed by atoms with van der Waals surface area (Å²) < 4.78 is 37.2. The lowest BCUT2D eigenvalue weighted by Gasteiger charge is -2.08. The molecular formula is C12H11F3N2. The number of nitrogens with zero attached hydrogens (tertiary/aromatic N) is 1. The molecule has 0 aliphatic carbocycles. The zero-order chi connectivity index (χ0) is 12.5. The van der Waals surface area contributed by atoms with E-state index >= 15 is 0 Å². The number of alkyl halides is 3. The molecule has 0 fully saturated rings. The van der Waals surface area contributed by atoms with Crippen molar-refractivity contribution in [2.24, 2.45) is 0 Å². The van der Waals surface area contributed by atoms with Crippen LogP contribution in [0.1, 0.15) is 29.9 Å². The first-order chi connectivity index (χ1) is 7.98. The summed E-state index contributed by atoms with van der Waals surface area (Å²) in [5.41, 5.74) is 0.117. The molecule has 1 aromatic heterocycles. The molecule has 0 radical (unpaired) electrons. The summed E-state index contributed by atoms with van der Waals surface area (Å²) in [6.45, 7) is 1.81. The van der Waals surface area contributed by atoms with Crippen molar-refractivity contribution >= 4 is 0 Å². The van der Waals surface area contributed by atoms with E-state index in [2.05, 4.69) is 9.97 Å². The average molecular weight is 240 g/mol. The van der Waals surface area contributed by atoms with E-state index in [0.29, 0.717) is 5.82 Å². The first kappa shape index (κ1) is 11.7. The number of halogens is 3. The van der Waals surface area contributed by atoms with Crippen molar-refractivity contribution in [2.45, 2.75) is 19.0 Å². The van der Waals surface area contributed by atoms with Crippen LogP contribution in [0.15, 0.2) is 36.5 Å². The molecule has 17 heavy (non-hydrogen) atoms. The summed E-state index contributed by atoms with van der Waals surface area (Å²) in [4.78, 5) is 6.10. The minimum atomic E-state index is -4.37. The third-order valence-corrected chi connectivity index (χ3v) is 2.61. The first-order valence-electron chi connectivity index (χ1n) is 5.15. The van der Waals surface area contributed by atoms with Crippen molar-refractivity contribution in [3.63, 3.8) is 0 Å². The Kier molecular flexibility index (Phi) is 2.92. The maximum absolute atomic E-state index is 12.4. The molecule has 2 aromatic rings. The van der Waals surface area contributed by atoms with Gasteiger partial charge in [-0.3, -0.25) is 0 Å². The second-order valence-corrected chi connectivity index (χ2v) is 3.81. The Morgan fingerprint density at radius 2 is 1.82 bits per heavy atom. The van der Waals surface area contributed by atoms with Crippen molar-refractivity contribution in [3.05, 3.63) is 53.6 Å². The number of hydrogen-bond acceptors (Lipinski definition) is 1. The molecule has 1 aromatic carbocycles. The Bertz CT molecular complexity index is 488. The van der Waals surface area contributed by atoms with Gasteiger partial charge in [-0.15, -0.1) is 0 Å². The summed E-state index contributed by atoms with van der Waals surface area (Å²) >= 11 is 0. The lowest BCUT2D eigenvalue weighted by Crippen LogP contribution is -2.06. The normalized spacial score (nSPS) is 13.6. The molecule has 90 valence electrons. The zero-order valence-corrected chi connectivity index (χ0v) is 9.12. The molecule has 1 unspecified atom stereocenters. The largest absolute Gasteiger partial charge is 0.432 e. The molecule has 0 spiro atoms. The van der Waals surface area contributed by atoms with Crippen molar-refractivity contribution in [2.75, 3.05) is 0 Å². The van der Waals surface area contributed by atoms with Crippen LogP contribution in [0.2, 0.25) is 0 Å². The van der Waals surface area contributed by atoms with Crippen LogP contribution in [-0.4, -0.2) is 9.97 Å². The van der Waals surface area contributed by atoms with E-state index in [9.17, 15) is 13.2 Å². The van der Waals surface area contributed by atoms with Crippen LogP contribution in [0.4, 0.5) is 13.2 Å². The molecule has 2 rings (SSSR count). The number of imidazole rings is 1. The number of aromatic amines is 1. The first-order valence-corrected chi connectivity index (χ1v) is 5.15. The highest BCUT2D eigenvalue weighted by atomic mass is 19.4. The Morgan fingerprint density at radius 1 is 1.18 bits per heavy atom. The molecule has 0 bridgehead atoms. The van der Waals surface area contributed by atoms with Gasteiger partial charge in [0.15, 0.2) is 0 Å². The fourth-order valence-electron chi connectivity index (χ4n) is 1.60. The molecule has 0 saturated heterocycles. The molecule has 0 saturated carbocycles. The van der Waals surface area contributed by atoms with Crippen molar-refractivity contribution in [3.8, 4) is 0 Å². The standard InChI is InChI=1S/C12H11F3N2/c1-8(9-5-3-2-4-6-9)11-16-7-10(17-11)12(13,14)15/h2-8H,1H3,(H,16,17). The van der Waals surface area contributed by atoms with E-state index in [0.717, 1.165) is 11.8 Å². The van der Waals surface area contributed by atoms with Gasteiger partial charge < -0.3 is 4.98 Å². The smallest absolute Gasteiger partial charge is 0.338 e. The van der Waals surface area contributed by atoms with E-state index in [1.165, 1.54) is 0 Å². The highest BCUT2D eigenvalue weighted by molar-refractivity contribution is 5.25. The van der Waals surface area contributed by atoms with E-state index < -0.39 is 11.9 Å². The van der Waals surface area contributed by atoms with Gasteiger partial charge in [-0.2, -0.15) is 13.2 Å². The fraction of sp³-hybridized carbons (Fsp3) is 0.250. The van der Waals surface area contributed by atoms with Crippen molar-refractivity contribution < 1.29 is 13.2 Å². The highest BCUT2D eigenvalue weighted by Gasteiger charge is 2.33. The number of aromatic nitrogens is 2. The van der Waals surface area contributed by atoms with E-state index in [1.807, 2.05) is 37.3 Å². The van der Waals surface area contributed by atoms with Gasteiger partial charge in [-0.05, 0) is 5.56 Å². The number of rotatable bonds is 2. The van der Waals surface area contributed by atoms with Crippen LogP contribution in [0.3, 0.4) is 0 Å². The summed E-state index contributed by atoms with van der Waals surface area (Å²) in [6.07, 6.45) is -3.55. The molecule has 1 N–H and O–H groups in total. The maximum atomic E-state index is 12.4. The van der Waals surface area contributed by atoms with Crippen LogP contribution in [0, 0.1) is 0 Å². The fourth-order valence-corrected chi connectivity index (χ4v) is 1.60. The van der Waals surface area contributed by atoms with Crippen molar-refractivity contribution in [1.29, 1.82) is 0 Å². The summed E-state index contributed by atoms with van der Waals surface area (Å²) in [5, 5.41) is 0. The van der Waals surface area contributed by atoms with E-state index in [-0.39, 0.29) is 5.92 Å². The average Bonchev–Trinajstić information content (AvgIpc) is 2.78. The van der Waals surface area contributed by atoms with Gasteiger partial charge in [-0.1, -0.05) is 37.3 Å². The Balaban J connectivity index is 2.27. The molecule has 0 aliphatic rings. The summed E-state index contributed by atoms with van der Waals surface area (Å²) in [5.74, 6) is 0.135. The zero-order valence-electron chi connectivity index (χ0n) is 9.12. The molecule has 0 amide bonds. The summed E-state index contributed by atoms with van der Waals surface area (Å²) in [7, 11) is 0. The lowest BCUT2D eigenvalue weighted by atomic mass is 10.0. The number of nitrogens with one attached hydrogen (secondary N) is 1. The number of benzene rings is 1. The van der Waals surface area contributed by atoms with Crippen LogP contribution in [0.5, 0.6) is 0 Å². The molecular weight excluding hydrogens is 229 g/mol. The third kappa shape index (κ3) is 2.49. The predicted molar refractivity (Wildman–Crippen MR) is 57.5 cm³/mol. The lowest BCUT2D eigenvalue weighted by molar-refractivity contribution is -0.140. The highest BCUT2D eigenvalue weighted by Crippen LogP contribution is 2.29. The monoisotopic (exact) mass is 240 g/mol. The van der Waals surface area contributed by atoms with Crippen LogP contribution < -0.4 is 0 Å². The van der Waals surface area contributed by atoms with Gasteiger partial charge >= 0.3 is 6.18 Å². The van der Waals surface area contributed by atoms with Gasteiger partial charge in [-0.25, -0.2) is 4.98 Å². The molecule has 5 heteroatoms. The Labute approximate surface area is 96.5 Å². The van der Waals surface area contributed by atoms with E-state index in [1.54, 1.807) is 0 Å². The molecule has 0 aliphatic heterocycles. The second kappa shape index (κ2) is 4.24. The van der Waals surface area contributed by atoms with E-state index in [4.69, 9.17) is 0 Å². The Morgan fingerprint density at radius 3 is 2.35 bits per heavy atom. The molecule has 1 heterocycles. The van der Waals surface area contributed by atoms with Crippen LogP contribution >= 0.6 is 0 Å². The molecule has 2 nitrogen and oxygen atoms in total. The SMILES string of the molecule is CC(c1ccccc1)c1ncc(C(F)(F)F)[nH]1. The minimum Gasteiger partial charge on any atom is -0.338 e. The number of H-pyrrole nitrogens is 1. The molecule has 1 atom stereocenters. The predicted octanol–water partition coefficient (Wildman–Crippen LogP) is 3.58. The van der Waals surface area contributed by atoms with Gasteiger partial charge in [0, 0.05) is 5.92 Å².